The zero-order chi connectivity index (χ0) is 13.3. The van der Waals surface area contributed by atoms with E-state index in [1.54, 1.807) is 20.8 Å². The average Bonchev–Trinajstić information content (AvgIpc) is 2.82. The molecule has 1 aliphatic rings. The van der Waals surface area contributed by atoms with Crippen LogP contribution in [0.15, 0.2) is 16.8 Å². The van der Waals surface area contributed by atoms with Crippen LogP contribution in [0.2, 0.25) is 0 Å². The molecular weight excluding hydrogens is 254 g/mol. The van der Waals surface area contributed by atoms with Crippen molar-refractivity contribution in [2.24, 2.45) is 0 Å². The summed E-state index contributed by atoms with van der Waals surface area (Å²) in [5.74, 6) is -0.831. The van der Waals surface area contributed by atoms with E-state index in [1.165, 1.54) is 11.3 Å². The number of hydroxylamine groups is 2. The summed E-state index contributed by atoms with van der Waals surface area (Å²) in [6.07, 6.45) is -0.631. The SMILES string of the molecule is CC(C)(C)OC(=O)N1CC(c2ccsc2)C(=O)O1. The quantitative estimate of drug-likeness (QED) is 0.786. The van der Waals surface area contributed by atoms with Crippen molar-refractivity contribution in [3.63, 3.8) is 0 Å². The number of amides is 1. The van der Waals surface area contributed by atoms with E-state index >= 15 is 0 Å². The molecule has 0 radical (unpaired) electrons. The molecule has 1 aromatic rings. The third-order valence-electron chi connectivity index (χ3n) is 2.38. The first-order chi connectivity index (χ1) is 8.37. The Kier molecular flexibility index (Phi) is 3.30. The second-order valence-corrected chi connectivity index (χ2v) is 5.84. The van der Waals surface area contributed by atoms with E-state index < -0.39 is 23.6 Å². The van der Waals surface area contributed by atoms with Crippen LogP contribution >= 0.6 is 11.3 Å². The number of hydrogen-bond donors (Lipinski definition) is 0. The minimum atomic E-state index is -0.631. The summed E-state index contributed by atoms with van der Waals surface area (Å²) in [6.45, 7) is 5.49. The van der Waals surface area contributed by atoms with Gasteiger partial charge in [-0.05, 0) is 43.2 Å². The molecule has 1 fully saturated rings. The standard InChI is InChI=1S/C12H15NO4S/c1-12(2,3)16-11(15)13-6-9(10(14)17-13)8-4-5-18-7-8/h4-5,7,9H,6H2,1-3H3. The van der Waals surface area contributed by atoms with Gasteiger partial charge in [0.15, 0.2) is 0 Å². The Morgan fingerprint density at radius 1 is 1.56 bits per heavy atom. The molecule has 1 aliphatic heterocycles. The second-order valence-electron chi connectivity index (χ2n) is 5.06. The van der Waals surface area contributed by atoms with Crippen molar-refractivity contribution < 1.29 is 19.2 Å². The zero-order valence-corrected chi connectivity index (χ0v) is 11.3. The highest BCUT2D eigenvalue weighted by Crippen LogP contribution is 2.28. The maximum atomic E-state index is 11.8. The van der Waals surface area contributed by atoms with Gasteiger partial charge in [0.1, 0.15) is 11.5 Å². The summed E-state index contributed by atoms with van der Waals surface area (Å²) in [4.78, 5) is 28.4. The Morgan fingerprint density at radius 2 is 2.28 bits per heavy atom. The lowest BCUT2D eigenvalue weighted by atomic mass is 10.0. The molecule has 0 spiro atoms. The predicted octanol–water partition coefficient (Wildman–Crippen LogP) is 2.54. The fraction of sp³-hybridized carbons (Fsp3) is 0.500. The van der Waals surface area contributed by atoms with Gasteiger partial charge < -0.3 is 9.57 Å². The Labute approximate surface area is 109 Å². The van der Waals surface area contributed by atoms with Gasteiger partial charge >= 0.3 is 12.1 Å². The molecule has 0 aromatic carbocycles. The molecule has 1 unspecified atom stereocenters. The maximum Gasteiger partial charge on any atom is 0.443 e. The van der Waals surface area contributed by atoms with Gasteiger partial charge in [-0.2, -0.15) is 11.3 Å². The monoisotopic (exact) mass is 269 g/mol. The first-order valence-electron chi connectivity index (χ1n) is 5.61. The largest absolute Gasteiger partial charge is 0.443 e. The second kappa shape index (κ2) is 4.61. The summed E-state index contributed by atoms with van der Waals surface area (Å²) in [6, 6.07) is 1.86. The van der Waals surface area contributed by atoms with Gasteiger partial charge in [-0.1, -0.05) is 0 Å². The van der Waals surface area contributed by atoms with Crippen LogP contribution in [-0.2, 0) is 14.4 Å². The van der Waals surface area contributed by atoms with Gasteiger partial charge in [0, 0.05) is 0 Å². The molecule has 98 valence electrons. The normalized spacial score (nSPS) is 19.8. The average molecular weight is 269 g/mol. The molecule has 1 amide bonds. The van der Waals surface area contributed by atoms with Crippen LogP contribution in [0.5, 0.6) is 0 Å². The molecule has 1 atom stereocenters. The Hall–Kier alpha value is -1.56. The van der Waals surface area contributed by atoms with Crippen LogP contribution in [-0.4, -0.2) is 29.3 Å². The van der Waals surface area contributed by atoms with Crippen molar-refractivity contribution in [1.82, 2.24) is 5.06 Å². The van der Waals surface area contributed by atoms with Crippen LogP contribution < -0.4 is 0 Å². The third-order valence-corrected chi connectivity index (χ3v) is 3.08. The number of carbonyl (C=O) groups excluding carboxylic acids is 2. The molecule has 1 aromatic heterocycles. The van der Waals surface area contributed by atoms with E-state index in [4.69, 9.17) is 9.57 Å². The molecule has 5 nitrogen and oxygen atoms in total. The lowest BCUT2D eigenvalue weighted by Gasteiger charge is -2.22. The highest BCUT2D eigenvalue weighted by molar-refractivity contribution is 7.08. The summed E-state index contributed by atoms with van der Waals surface area (Å²) < 4.78 is 5.15. The van der Waals surface area contributed by atoms with Crippen molar-refractivity contribution in [3.05, 3.63) is 22.4 Å². The Bertz CT molecular complexity index is 449. The third kappa shape index (κ3) is 2.81. The fourth-order valence-electron chi connectivity index (χ4n) is 1.59. The minimum absolute atomic E-state index is 0.199. The van der Waals surface area contributed by atoms with E-state index in [-0.39, 0.29) is 6.54 Å². The minimum Gasteiger partial charge on any atom is -0.442 e. The predicted molar refractivity (Wildman–Crippen MR) is 66.1 cm³/mol. The lowest BCUT2D eigenvalue weighted by molar-refractivity contribution is -0.166. The summed E-state index contributed by atoms with van der Waals surface area (Å²) >= 11 is 1.51. The van der Waals surface area contributed by atoms with E-state index in [0.717, 1.165) is 10.6 Å². The van der Waals surface area contributed by atoms with Gasteiger partial charge in [-0.3, -0.25) is 0 Å². The molecule has 6 heteroatoms. The Morgan fingerprint density at radius 3 is 2.83 bits per heavy atom. The van der Waals surface area contributed by atoms with Crippen molar-refractivity contribution >= 4 is 23.4 Å². The first-order valence-corrected chi connectivity index (χ1v) is 6.55. The number of hydrogen-bond acceptors (Lipinski definition) is 5. The molecule has 1 saturated heterocycles. The molecule has 0 aliphatic carbocycles. The summed E-state index contributed by atoms with van der Waals surface area (Å²) in [7, 11) is 0. The van der Waals surface area contributed by atoms with Crippen LogP contribution in [0.25, 0.3) is 0 Å². The van der Waals surface area contributed by atoms with Crippen LogP contribution in [0.1, 0.15) is 32.3 Å². The lowest BCUT2D eigenvalue weighted by Crippen LogP contribution is -2.34. The van der Waals surface area contributed by atoms with E-state index in [9.17, 15) is 9.59 Å². The Balaban J connectivity index is 2.03. The maximum absolute atomic E-state index is 11.8. The molecule has 2 heterocycles. The van der Waals surface area contributed by atoms with Crippen molar-refractivity contribution in [2.45, 2.75) is 32.3 Å². The van der Waals surface area contributed by atoms with Gasteiger partial charge in [0.2, 0.25) is 0 Å². The molecular formula is C12H15NO4S. The van der Waals surface area contributed by atoms with Gasteiger partial charge in [0.25, 0.3) is 0 Å². The van der Waals surface area contributed by atoms with E-state index in [0.29, 0.717) is 0 Å². The highest BCUT2D eigenvalue weighted by atomic mass is 32.1. The van der Waals surface area contributed by atoms with Gasteiger partial charge in [-0.15, -0.1) is 5.06 Å². The zero-order valence-electron chi connectivity index (χ0n) is 10.5. The smallest absolute Gasteiger partial charge is 0.442 e. The number of thiophene rings is 1. The van der Waals surface area contributed by atoms with Crippen molar-refractivity contribution in [2.75, 3.05) is 6.54 Å². The molecule has 0 saturated carbocycles. The van der Waals surface area contributed by atoms with E-state index in [1.807, 2.05) is 16.8 Å². The van der Waals surface area contributed by atoms with Gasteiger partial charge in [0.05, 0.1) is 6.54 Å². The topological polar surface area (TPSA) is 55.8 Å². The number of ether oxygens (including phenoxy) is 1. The van der Waals surface area contributed by atoms with E-state index in [2.05, 4.69) is 0 Å². The highest BCUT2D eigenvalue weighted by Gasteiger charge is 2.39. The molecule has 0 bridgehead atoms. The first kappa shape index (κ1) is 12.9. The van der Waals surface area contributed by atoms with Crippen LogP contribution in [0.4, 0.5) is 4.79 Å². The number of carbonyl (C=O) groups is 2. The fourth-order valence-corrected chi connectivity index (χ4v) is 2.30. The van der Waals surface area contributed by atoms with Gasteiger partial charge in [-0.25, -0.2) is 9.59 Å². The molecule has 0 N–H and O–H groups in total. The van der Waals surface area contributed by atoms with Crippen molar-refractivity contribution in [1.29, 1.82) is 0 Å². The number of rotatable bonds is 1. The molecule has 2 rings (SSSR count). The van der Waals surface area contributed by atoms with Crippen LogP contribution in [0, 0.1) is 0 Å². The van der Waals surface area contributed by atoms with Crippen molar-refractivity contribution in [3.8, 4) is 0 Å². The molecule has 18 heavy (non-hydrogen) atoms. The van der Waals surface area contributed by atoms with Crippen LogP contribution in [0.3, 0.4) is 0 Å². The number of nitrogens with zero attached hydrogens (tertiary/aromatic N) is 1. The summed E-state index contributed by atoms with van der Waals surface area (Å²) in [5, 5.41) is 4.75. The summed E-state index contributed by atoms with van der Waals surface area (Å²) in [5.41, 5.74) is 0.264.